The minimum atomic E-state index is -0.971. The van der Waals surface area contributed by atoms with E-state index in [2.05, 4.69) is 6.58 Å². The zero-order valence-electron chi connectivity index (χ0n) is 10.7. The van der Waals surface area contributed by atoms with Gasteiger partial charge >= 0.3 is 5.97 Å². The van der Waals surface area contributed by atoms with Crippen molar-refractivity contribution >= 4 is 11.9 Å². The normalized spacial score (nSPS) is 11.7. The molecule has 0 spiro atoms. The summed E-state index contributed by atoms with van der Waals surface area (Å²) in [5.74, 6) is -2.41. The molecule has 1 unspecified atom stereocenters. The summed E-state index contributed by atoms with van der Waals surface area (Å²) in [4.78, 5) is 24.4. The first kappa shape index (κ1) is 14.9. The van der Waals surface area contributed by atoms with Gasteiger partial charge in [-0.25, -0.2) is 4.39 Å². The molecule has 19 heavy (non-hydrogen) atoms. The second-order valence-electron chi connectivity index (χ2n) is 4.24. The molecule has 1 N–H and O–H groups in total. The van der Waals surface area contributed by atoms with E-state index in [4.69, 9.17) is 5.11 Å². The Labute approximate surface area is 111 Å². The standard InChI is InChI=1S/C14H16FNO3/c1-3-8-16(9-10(2)14(18)19)13(17)11-4-6-12(15)7-5-11/h3-7,10H,1,8-9H2,2H3,(H,18,19). The van der Waals surface area contributed by atoms with Crippen LogP contribution in [0.15, 0.2) is 36.9 Å². The molecule has 0 bridgehead atoms. The summed E-state index contributed by atoms with van der Waals surface area (Å²) in [5.41, 5.74) is 0.320. The lowest BCUT2D eigenvalue weighted by atomic mass is 10.1. The third-order valence-electron chi connectivity index (χ3n) is 2.64. The van der Waals surface area contributed by atoms with Crippen LogP contribution in [0.5, 0.6) is 0 Å². The molecule has 102 valence electrons. The molecule has 0 radical (unpaired) electrons. The molecule has 0 saturated heterocycles. The molecule has 0 saturated carbocycles. The Morgan fingerprint density at radius 3 is 2.47 bits per heavy atom. The van der Waals surface area contributed by atoms with Crippen molar-refractivity contribution in [1.82, 2.24) is 4.90 Å². The largest absolute Gasteiger partial charge is 0.481 e. The van der Waals surface area contributed by atoms with Gasteiger partial charge in [0, 0.05) is 18.7 Å². The van der Waals surface area contributed by atoms with Crippen molar-refractivity contribution in [2.24, 2.45) is 5.92 Å². The molecule has 4 nitrogen and oxygen atoms in total. The van der Waals surface area contributed by atoms with Gasteiger partial charge < -0.3 is 10.0 Å². The number of nitrogens with zero attached hydrogens (tertiary/aromatic N) is 1. The van der Waals surface area contributed by atoms with Crippen molar-refractivity contribution in [3.05, 3.63) is 48.3 Å². The fourth-order valence-electron chi connectivity index (χ4n) is 1.58. The van der Waals surface area contributed by atoms with Gasteiger partial charge in [-0.2, -0.15) is 0 Å². The highest BCUT2D eigenvalue weighted by Gasteiger charge is 2.20. The van der Waals surface area contributed by atoms with E-state index >= 15 is 0 Å². The number of amides is 1. The molecule has 0 aliphatic rings. The second kappa shape index (κ2) is 6.68. The van der Waals surface area contributed by atoms with Crippen LogP contribution in [-0.4, -0.2) is 35.0 Å². The van der Waals surface area contributed by atoms with Crippen LogP contribution in [-0.2, 0) is 4.79 Å². The molecule has 1 rings (SSSR count). The lowest BCUT2D eigenvalue weighted by molar-refractivity contribution is -0.141. The van der Waals surface area contributed by atoms with E-state index < -0.39 is 17.7 Å². The number of halogens is 1. The molecule has 1 amide bonds. The van der Waals surface area contributed by atoms with E-state index in [1.165, 1.54) is 42.2 Å². The number of carboxylic acids is 1. The second-order valence-corrected chi connectivity index (χ2v) is 4.24. The number of carboxylic acid groups (broad SMARTS) is 1. The first-order valence-corrected chi connectivity index (χ1v) is 5.84. The Morgan fingerprint density at radius 2 is 2.00 bits per heavy atom. The van der Waals surface area contributed by atoms with E-state index in [9.17, 15) is 14.0 Å². The Kier molecular flexibility index (Phi) is 5.23. The molecule has 1 aromatic rings. The monoisotopic (exact) mass is 265 g/mol. The van der Waals surface area contributed by atoms with Crippen LogP contribution in [0.1, 0.15) is 17.3 Å². The molecular weight excluding hydrogens is 249 g/mol. The number of carbonyl (C=O) groups excluding carboxylic acids is 1. The number of carbonyl (C=O) groups is 2. The van der Waals surface area contributed by atoms with Crippen molar-refractivity contribution in [2.75, 3.05) is 13.1 Å². The van der Waals surface area contributed by atoms with Crippen molar-refractivity contribution in [3.63, 3.8) is 0 Å². The van der Waals surface area contributed by atoms with Gasteiger partial charge in [0.05, 0.1) is 5.92 Å². The zero-order chi connectivity index (χ0) is 14.4. The minimum Gasteiger partial charge on any atom is -0.481 e. The van der Waals surface area contributed by atoms with Crippen molar-refractivity contribution in [1.29, 1.82) is 0 Å². The SMILES string of the molecule is C=CCN(CC(C)C(=O)O)C(=O)c1ccc(F)cc1. The van der Waals surface area contributed by atoms with Crippen molar-refractivity contribution in [3.8, 4) is 0 Å². The summed E-state index contributed by atoms with van der Waals surface area (Å²) in [6.45, 7) is 5.39. The first-order chi connectivity index (χ1) is 8.95. The quantitative estimate of drug-likeness (QED) is 0.802. The van der Waals surface area contributed by atoms with Crippen LogP contribution in [0.2, 0.25) is 0 Å². The minimum absolute atomic E-state index is 0.0809. The van der Waals surface area contributed by atoms with Gasteiger partial charge in [-0.15, -0.1) is 6.58 Å². The maximum atomic E-state index is 12.8. The van der Waals surface area contributed by atoms with E-state index in [1.807, 2.05) is 0 Å². The van der Waals surface area contributed by atoms with Gasteiger partial charge in [-0.3, -0.25) is 9.59 Å². The van der Waals surface area contributed by atoms with Gasteiger partial charge in [0.25, 0.3) is 5.91 Å². The van der Waals surface area contributed by atoms with Gasteiger partial charge in [-0.05, 0) is 24.3 Å². The molecule has 1 atom stereocenters. The van der Waals surface area contributed by atoms with E-state index in [1.54, 1.807) is 0 Å². The van der Waals surface area contributed by atoms with E-state index in [-0.39, 0.29) is 19.0 Å². The molecule has 0 fully saturated rings. The molecule has 1 aromatic carbocycles. The smallest absolute Gasteiger partial charge is 0.308 e. The maximum absolute atomic E-state index is 12.8. The average molecular weight is 265 g/mol. The molecule has 0 aliphatic carbocycles. The summed E-state index contributed by atoms with van der Waals surface area (Å²) in [7, 11) is 0. The summed E-state index contributed by atoms with van der Waals surface area (Å²) in [5, 5.41) is 8.87. The van der Waals surface area contributed by atoms with E-state index in [0.717, 1.165) is 0 Å². The molecule has 0 aromatic heterocycles. The molecule has 0 aliphatic heterocycles. The summed E-state index contributed by atoms with van der Waals surface area (Å²) < 4.78 is 12.8. The highest BCUT2D eigenvalue weighted by atomic mass is 19.1. The third kappa shape index (κ3) is 4.21. The highest BCUT2D eigenvalue weighted by Crippen LogP contribution is 2.09. The van der Waals surface area contributed by atoms with Gasteiger partial charge in [0.2, 0.25) is 0 Å². The van der Waals surface area contributed by atoms with Crippen LogP contribution in [0.4, 0.5) is 4.39 Å². The Bertz CT molecular complexity index is 470. The number of rotatable bonds is 6. The van der Waals surface area contributed by atoms with Crippen LogP contribution in [0, 0.1) is 11.7 Å². The van der Waals surface area contributed by atoms with Crippen molar-refractivity contribution < 1.29 is 19.1 Å². The van der Waals surface area contributed by atoms with Gasteiger partial charge in [0.15, 0.2) is 0 Å². The summed E-state index contributed by atoms with van der Waals surface area (Å²) >= 11 is 0. The lowest BCUT2D eigenvalue weighted by Crippen LogP contribution is -2.37. The van der Waals surface area contributed by atoms with Crippen LogP contribution in [0.25, 0.3) is 0 Å². The lowest BCUT2D eigenvalue weighted by Gasteiger charge is -2.23. The van der Waals surface area contributed by atoms with E-state index in [0.29, 0.717) is 5.56 Å². The fourth-order valence-corrected chi connectivity index (χ4v) is 1.58. The zero-order valence-corrected chi connectivity index (χ0v) is 10.7. The Balaban J connectivity index is 2.86. The predicted octanol–water partition coefficient (Wildman–Crippen LogP) is 2.17. The number of hydrogen-bond donors (Lipinski definition) is 1. The van der Waals surface area contributed by atoms with Crippen LogP contribution in [0.3, 0.4) is 0 Å². The summed E-state index contributed by atoms with van der Waals surface area (Å²) in [6.07, 6.45) is 1.52. The van der Waals surface area contributed by atoms with Gasteiger partial charge in [-0.1, -0.05) is 13.0 Å². The molecular formula is C14H16FNO3. The van der Waals surface area contributed by atoms with Crippen LogP contribution >= 0.6 is 0 Å². The predicted molar refractivity (Wildman–Crippen MR) is 69.3 cm³/mol. The molecule has 0 heterocycles. The number of aliphatic carboxylic acids is 1. The Morgan fingerprint density at radius 1 is 1.42 bits per heavy atom. The topological polar surface area (TPSA) is 57.6 Å². The fraction of sp³-hybridized carbons (Fsp3) is 0.286. The summed E-state index contributed by atoms with van der Waals surface area (Å²) in [6, 6.07) is 5.14. The molecule has 5 heteroatoms. The highest BCUT2D eigenvalue weighted by molar-refractivity contribution is 5.94. The van der Waals surface area contributed by atoms with Crippen LogP contribution < -0.4 is 0 Å². The Hall–Kier alpha value is -2.17. The first-order valence-electron chi connectivity index (χ1n) is 5.84. The third-order valence-corrected chi connectivity index (χ3v) is 2.64. The van der Waals surface area contributed by atoms with Gasteiger partial charge in [0.1, 0.15) is 5.82 Å². The van der Waals surface area contributed by atoms with Crippen molar-refractivity contribution in [2.45, 2.75) is 6.92 Å². The number of benzene rings is 1. The maximum Gasteiger partial charge on any atom is 0.308 e. The number of hydrogen-bond acceptors (Lipinski definition) is 2. The average Bonchev–Trinajstić information content (AvgIpc) is 2.38.